The number of hydrogen-bond donors (Lipinski definition) is 2. The lowest BCUT2D eigenvalue weighted by molar-refractivity contribution is -0.113. The zero-order valence-electron chi connectivity index (χ0n) is 17.9. The minimum Gasteiger partial charge on any atom is -0.497 e. The molecule has 4 rings (SSSR count). The van der Waals surface area contributed by atoms with E-state index in [0.717, 1.165) is 22.8 Å². The molecule has 3 aromatic carbocycles. The van der Waals surface area contributed by atoms with E-state index in [4.69, 9.17) is 16.3 Å². The first-order chi connectivity index (χ1) is 16.1. The van der Waals surface area contributed by atoms with E-state index >= 15 is 0 Å². The summed E-state index contributed by atoms with van der Waals surface area (Å²) in [5, 5.41) is 16.2. The predicted octanol–water partition coefficient (Wildman–Crippen LogP) is 5.27. The molecule has 0 saturated carbocycles. The second kappa shape index (κ2) is 10.9. The fraction of sp³-hybridized carbons (Fsp3) is 0.125. The first-order valence-electron chi connectivity index (χ1n) is 10.2. The number of nitrogens with one attached hydrogen (secondary N) is 2. The summed E-state index contributed by atoms with van der Waals surface area (Å²) in [6.07, 6.45) is 0. The SMILES string of the molecule is COc1ccc(-n2c(CNc3cccc(Cl)c3)nnc2SCC(=O)Nc2ccccc2)cc1. The molecule has 33 heavy (non-hydrogen) atoms. The van der Waals surface area contributed by atoms with E-state index in [1.54, 1.807) is 7.11 Å². The van der Waals surface area contributed by atoms with Gasteiger partial charge >= 0.3 is 0 Å². The zero-order valence-corrected chi connectivity index (χ0v) is 19.4. The van der Waals surface area contributed by atoms with Crippen LogP contribution in [0.25, 0.3) is 5.69 Å². The highest BCUT2D eigenvalue weighted by Gasteiger charge is 2.16. The van der Waals surface area contributed by atoms with Crippen molar-refractivity contribution < 1.29 is 9.53 Å². The van der Waals surface area contributed by atoms with Gasteiger partial charge in [-0.3, -0.25) is 9.36 Å². The Hall–Kier alpha value is -3.49. The van der Waals surface area contributed by atoms with Gasteiger partial charge in [0.15, 0.2) is 11.0 Å². The highest BCUT2D eigenvalue weighted by molar-refractivity contribution is 7.99. The number of carbonyl (C=O) groups excluding carboxylic acids is 1. The predicted molar refractivity (Wildman–Crippen MR) is 132 cm³/mol. The number of aromatic nitrogens is 3. The highest BCUT2D eigenvalue weighted by atomic mass is 35.5. The fourth-order valence-corrected chi connectivity index (χ4v) is 4.09. The van der Waals surface area contributed by atoms with E-state index < -0.39 is 0 Å². The number of carbonyl (C=O) groups is 1. The summed E-state index contributed by atoms with van der Waals surface area (Å²) in [5.74, 6) is 1.53. The maximum Gasteiger partial charge on any atom is 0.234 e. The van der Waals surface area contributed by atoms with Gasteiger partial charge in [-0.25, -0.2) is 0 Å². The number of para-hydroxylation sites is 1. The molecule has 0 spiro atoms. The van der Waals surface area contributed by atoms with Gasteiger partial charge in [0.25, 0.3) is 0 Å². The molecule has 0 unspecified atom stereocenters. The van der Waals surface area contributed by atoms with Crippen LogP contribution >= 0.6 is 23.4 Å². The van der Waals surface area contributed by atoms with E-state index in [-0.39, 0.29) is 11.7 Å². The van der Waals surface area contributed by atoms with Crippen LogP contribution in [-0.4, -0.2) is 33.5 Å². The summed E-state index contributed by atoms with van der Waals surface area (Å²) in [7, 11) is 1.63. The van der Waals surface area contributed by atoms with Gasteiger partial charge in [-0.15, -0.1) is 10.2 Å². The van der Waals surface area contributed by atoms with Crippen molar-refractivity contribution in [1.29, 1.82) is 0 Å². The fourth-order valence-electron chi connectivity index (χ4n) is 3.13. The molecule has 2 N–H and O–H groups in total. The summed E-state index contributed by atoms with van der Waals surface area (Å²) in [4.78, 5) is 12.4. The number of halogens is 1. The van der Waals surface area contributed by atoms with Crippen LogP contribution in [0.5, 0.6) is 5.75 Å². The van der Waals surface area contributed by atoms with Crippen molar-refractivity contribution in [3.05, 3.63) is 89.7 Å². The molecule has 0 aliphatic heterocycles. The molecule has 4 aromatic rings. The number of thioether (sulfide) groups is 1. The molecule has 7 nitrogen and oxygen atoms in total. The molecular formula is C24H22ClN5O2S. The van der Waals surface area contributed by atoms with E-state index in [0.29, 0.717) is 22.5 Å². The number of benzene rings is 3. The van der Waals surface area contributed by atoms with Crippen LogP contribution in [0.15, 0.2) is 84.0 Å². The average molecular weight is 480 g/mol. The Morgan fingerprint density at radius 2 is 1.76 bits per heavy atom. The molecule has 0 bridgehead atoms. The topological polar surface area (TPSA) is 81.1 Å². The molecule has 1 heterocycles. The lowest BCUT2D eigenvalue weighted by Gasteiger charge is -2.12. The third kappa shape index (κ3) is 6.06. The number of methoxy groups -OCH3 is 1. The van der Waals surface area contributed by atoms with Crippen molar-refractivity contribution in [2.45, 2.75) is 11.7 Å². The van der Waals surface area contributed by atoms with E-state index in [1.807, 2.05) is 83.4 Å². The number of rotatable bonds is 9. The zero-order chi connectivity index (χ0) is 23.0. The third-order valence-corrected chi connectivity index (χ3v) is 5.86. The Balaban J connectivity index is 1.53. The Bertz CT molecular complexity index is 1220. The van der Waals surface area contributed by atoms with Crippen LogP contribution in [0.3, 0.4) is 0 Å². The van der Waals surface area contributed by atoms with Gasteiger partial charge in [-0.2, -0.15) is 0 Å². The number of hydrogen-bond acceptors (Lipinski definition) is 6. The Kier molecular flexibility index (Phi) is 7.49. The van der Waals surface area contributed by atoms with Gasteiger partial charge in [0.1, 0.15) is 5.75 Å². The van der Waals surface area contributed by atoms with E-state index in [1.165, 1.54) is 11.8 Å². The maximum absolute atomic E-state index is 12.4. The standard InChI is InChI=1S/C24H22ClN5O2S/c1-32-21-12-10-20(11-13-21)30-22(15-26-19-9-5-6-17(25)14-19)28-29-24(30)33-16-23(31)27-18-7-3-2-4-8-18/h2-14,26H,15-16H2,1H3,(H,27,31). The van der Waals surface area contributed by atoms with Crippen LogP contribution in [0.4, 0.5) is 11.4 Å². The quantitative estimate of drug-likeness (QED) is 0.318. The maximum atomic E-state index is 12.4. The highest BCUT2D eigenvalue weighted by Crippen LogP contribution is 2.25. The summed E-state index contributed by atoms with van der Waals surface area (Å²) >= 11 is 7.41. The number of anilines is 2. The Morgan fingerprint density at radius 1 is 1.00 bits per heavy atom. The number of amides is 1. The van der Waals surface area contributed by atoms with Gasteiger partial charge in [0, 0.05) is 22.1 Å². The lowest BCUT2D eigenvalue weighted by Crippen LogP contribution is -2.14. The van der Waals surface area contributed by atoms with Crippen LogP contribution in [-0.2, 0) is 11.3 Å². The second-order valence-electron chi connectivity index (χ2n) is 7.00. The Labute approximate surface area is 201 Å². The van der Waals surface area contributed by atoms with E-state index in [9.17, 15) is 4.79 Å². The minimum atomic E-state index is -0.117. The minimum absolute atomic E-state index is 0.117. The number of nitrogens with zero attached hydrogens (tertiary/aromatic N) is 3. The second-order valence-corrected chi connectivity index (χ2v) is 8.38. The van der Waals surface area contributed by atoms with Gasteiger partial charge < -0.3 is 15.4 Å². The molecule has 0 radical (unpaired) electrons. The summed E-state index contributed by atoms with van der Waals surface area (Å²) in [6, 6.07) is 24.4. The number of ether oxygens (including phenoxy) is 1. The summed E-state index contributed by atoms with van der Waals surface area (Å²) in [5.41, 5.74) is 2.50. The van der Waals surface area contributed by atoms with Crippen molar-refractivity contribution in [2.24, 2.45) is 0 Å². The molecule has 1 aromatic heterocycles. The first kappa shape index (κ1) is 22.7. The van der Waals surface area contributed by atoms with Crippen molar-refractivity contribution in [3.8, 4) is 11.4 Å². The lowest BCUT2D eigenvalue weighted by atomic mass is 10.3. The molecular weight excluding hydrogens is 458 g/mol. The van der Waals surface area contributed by atoms with Gasteiger partial charge in [-0.05, 0) is 54.6 Å². The molecule has 0 aliphatic carbocycles. The van der Waals surface area contributed by atoms with Crippen molar-refractivity contribution in [2.75, 3.05) is 23.5 Å². The summed E-state index contributed by atoms with van der Waals surface area (Å²) in [6.45, 7) is 0.427. The van der Waals surface area contributed by atoms with Crippen molar-refractivity contribution >= 4 is 40.6 Å². The summed E-state index contributed by atoms with van der Waals surface area (Å²) < 4.78 is 7.20. The van der Waals surface area contributed by atoms with Gasteiger partial charge in [0.2, 0.25) is 5.91 Å². The normalized spacial score (nSPS) is 10.6. The van der Waals surface area contributed by atoms with Crippen molar-refractivity contribution in [1.82, 2.24) is 14.8 Å². The monoisotopic (exact) mass is 479 g/mol. The molecule has 0 saturated heterocycles. The Morgan fingerprint density at radius 3 is 2.48 bits per heavy atom. The largest absolute Gasteiger partial charge is 0.497 e. The molecule has 9 heteroatoms. The third-order valence-electron chi connectivity index (χ3n) is 4.70. The molecule has 0 atom stereocenters. The van der Waals surface area contributed by atoms with Crippen molar-refractivity contribution in [3.63, 3.8) is 0 Å². The van der Waals surface area contributed by atoms with E-state index in [2.05, 4.69) is 20.8 Å². The molecule has 168 valence electrons. The van der Waals surface area contributed by atoms with Gasteiger partial charge in [0.05, 0.1) is 19.4 Å². The van der Waals surface area contributed by atoms with Crippen LogP contribution in [0.1, 0.15) is 5.82 Å². The van der Waals surface area contributed by atoms with Gasteiger partial charge in [-0.1, -0.05) is 47.6 Å². The van der Waals surface area contributed by atoms with Crippen LogP contribution in [0.2, 0.25) is 5.02 Å². The van der Waals surface area contributed by atoms with Crippen LogP contribution in [0, 0.1) is 0 Å². The molecule has 0 aliphatic rings. The van der Waals surface area contributed by atoms with Crippen LogP contribution < -0.4 is 15.4 Å². The average Bonchev–Trinajstić information content (AvgIpc) is 3.25. The molecule has 0 fully saturated rings. The molecule has 1 amide bonds. The smallest absolute Gasteiger partial charge is 0.234 e. The first-order valence-corrected chi connectivity index (χ1v) is 11.5.